The molecule has 0 saturated heterocycles. The first-order valence-corrected chi connectivity index (χ1v) is 16.7. The molecule has 0 fully saturated rings. The number of rotatable bonds is 8. The summed E-state index contributed by atoms with van der Waals surface area (Å²) in [5.74, 6) is 0.728. The van der Waals surface area contributed by atoms with Crippen LogP contribution < -0.4 is 4.90 Å². The van der Waals surface area contributed by atoms with E-state index in [0.717, 1.165) is 6.42 Å². The lowest BCUT2D eigenvalue weighted by Gasteiger charge is -2.29. The maximum absolute atomic E-state index is 2.41. The van der Waals surface area contributed by atoms with Crippen molar-refractivity contribution in [3.05, 3.63) is 197 Å². The Bertz CT molecular complexity index is 2090. The van der Waals surface area contributed by atoms with Gasteiger partial charge in [-0.3, -0.25) is 0 Å². The molecule has 7 rings (SSSR count). The molecule has 47 heavy (non-hydrogen) atoms. The lowest BCUT2D eigenvalue weighted by molar-refractivity contribution is 0.627. The van der Waals surface area contributed by atoms with E-state index in [0.29, 0.717) is 11.8 Å². The van der Waals surface area contributed by atoms with Gasteiger partial charge in [0.15, 0.2) is 0 Å². The zero-order chi connectivity index (χ0) is 32.2. The second-order valence-corrected chi connectivity index (χ2v) is 12.8. The second kappa shape index (κ2) is 13.5. The van der Waals surface area contributed by atoms with Crippen LogP contribution in [-0.4, -0.2) is 7.05 Å². The Morgan fingerprint density at radius 1 is 0.702 bits per heavy atom. The van der Waals surface area contributed by atoms with Crippen molar-refractivity contribution < 1.29 is 0 Å². The number of hydrogen-bond donors (Lipinski definition) is 0. The SMILES string of the molecule is Cc1cccc(N(C)C2=CC(C)C(c3ccc(/C(=C\c4cccc5ccccc45)Cc4cccc(-c5ccccc5)c4)cc3)C=C2)c1. The fraction of sp³-hybridized carbons (Fsp3) is 0.130. The fourth-order valence-corrected chi connectivity index (χ4v) is 6.86. The number of nitrogens with zero attached hydrogens (tertiary/aromatic N) is 1. The van der Waals surface area contributed by atoms with Crippen LogP contribution >= 0.6 is 0 Å². The molecule has 6 aromatic carbocycles. The van der Waals surface area contributed by atoms with Crippen LogP contribution in [0.1, 0.15) is 40.7 Å². The second-order valence-electron chi connectivity index (χ2n) is 12.8. The Balaban J connectivity index is 1.19. The summed E-state index contributed by atoms with van der Waals surface area (Å²) in [6, 6.07) is 52.9. The Kier molecular flexibility index (Phi) is 8.71. The van der Waals surface area contributed by atoms with E-state index < -0.39 is 0 Å². The number of aryl methyl sites for hydroxylation is 1. The van der Waals surface area contributed by atoms with Crippen molar-refractivity contribution in [3.63, 3.8) is 0 Å². The van der Waals surface area contributed by atoms with Crippen molar-refractivity contribution in [1.29, 1.82) is 0 Å². The Morgan fingerprint density at radius 2 is 1.43 bits per heavy atom. The molecular formula is C46H41N. The minimum Gasteiger partial charge on any atom is -0.345 e. The van der Waals surface area contributed by atoms with Gasteiger partial charge in [0.25, 0.3) is 0 Å². The average Bonchev–Trinajstić information content (AvgIpc) is 3.12. The zero-order valence-corrected chi connectivity index (χ0v) is 27.5. The summed E-state index contributed by atoms with van der Waals surface area (Å²) < 4.78 is 0. The molecular weight excluding hydrogens is 567 g/mol. The summed E-state index contributed by atoms with van der Waals surface area (Å²) in [7, 11) is 2.16. The van der Waals surface area contributed by atoms with Gasteiger partial charge in [-0.05, 0) is 92.8 Å². The quantitative estimate of drug-likeness (QED) is 0.156. The van der Waals surface area contributed by atoms with E-state index in [4.69, 9.17) is 0 Å². The number of hydrogen-bond acceptors (Lipinski definition) is 1. The lowest BCUT2D eigenvalue weighted by Crippen LogP contribution is -2.20. The molecule has 0 bridgehead atoms. The average molecular weight is 608 g/mol. The molecule has 0 saturated carbocycles. The highest BCUT2D eigenvalue weighted by molar-refractivity contribution is 5.95. The van der Waals surface area contributed by atoms with Crippen molar-refractivity contribution in [2.45, 2.75) is 26.2 Å². The Morgan fingerprint density at radius 3 is 2.23 bits per heavy atom. The van der Waals surface area contributed by atoms with Gasteiger partial charge in [0.05, 0.1) is 0 Å². The molecule has 0 aliphatic heterocycles. The van der Waals surface area contributed by atoms with Crippen molar-refractivity contribution in [1.82, 2.24) is 0 Å². The van der Waals surface area contributed by atoms with Gasteiger partial charge < -0.3 is 4.90 Å². The molecule has 1 nitrogen and oxygen atoms in total. The summed E-state index contributed by atoms with van der Waals surface area (Å²) in [5, 5.41) is 2.54. The molecule has 0 aromatic heterocycles. The predicted octanol–water partition coefficient (Wildman–Crippen LogP) is 11.9. The Labute approximate surface area is 279 Å². The molecule has 0 N–H and O–H groups in total. The first-order valence-electron chi connectivity index (χ1n) is 16.7. The number of likely N-dealkylation sites (N-methyl/N-ethyl adjacent to an activating group) is 1. The number of benzene rings is 6. The summed E-state index contributed by atoms with van der Waals surface area (Å²) in [6.45, 7) is 4.48. The van der Waals surface area contributed by atoms with E-state index in [1.165, 1.54) is 66.7 Å². The van der Waals surface area contributed by atoms with Gasteiger partial charge >= 0.3 is 0 Å². The van der Waals surface area contributed by atoms with Gasteiger partial charge in [-0.25, -0.2) is 0 Å². The van der Waals surface area contributed by atoms with Gasteiger partial charge in [-0.2, -0.15) is 0 Å². The van der Waals surface area contributed by atoms with E-state index >= 15 is 0 Å². The third kappa shape index (κ3) is 6.76. The van der Waals surface area contributed by atoms with Gasteiger partial charge in [0, 0.05) is 24.4 Å². The minimum absolute atomic E-state index is 0.340. The van der Waals surface area contributed by atoms with Gasteiger partial charge in [-0.1, -0.05) is 159 Å². The molecule has 0 amide bonds. The van der Waals surface area contributed by atoms with E-state index in [-0.39, 0.29) is 0 Å². The molecule has 1 heteroatoms. The highest BCUT2D eigenvalue weighted by atomic mass is 15.1. The monoisotopic (exact) mass is 607 g/mol. The minimum atomic E-state index is 0.340. The zero-order valence-electron chi connectivity index (χ0n) is 27.5. The summed E-state index contributed by atoms with van der Waals surface area (Å²) >= 11 is 0. The van der Waals surface area contributed by atoms with Crippen LogP contribution in [-0.2, 0) is 6.42 Å². The third-order valence-corrected chi connectivity index (χ3v) is 9.50. The predicted molar refractivity (Wildman–Crippen MR) is 203 cm³/mol. The van der Waals surface area contributed by atoms with E-state index in [9.17, 15) is 0 Å². The van der Waals surface area contributed by atoms with E-state index in [2.05, 4.69) is 196 Å². The molecule has 1 aliphatic carbocycles. The molecule has 0 radical (unpaired) electrons. The smallest absolute Gasteiger partial charge is 0.0410 e. The molecule has 6 aromatic rings. The lowest BCUT2D eigenvalue weighted by atomic mass is 9.82. The molecule has 0 spiro atoms. The first-order chi connectivity index (χ1) is 23.0. The standard InChI is InChI=1S/C46H41N/c1-33-12-9-20-43(28-33)47(3)44-26-27-45(34(2)29-44)39-24-22-37(23-25-39)42(32-41-19-11-17-38-16-7-8-21-46(38)41)31-35-13-10-18-40(30-35)36-14-5-4-6-15-36/h4-30,32,34,45H,31H2,1-3H3/b42-32-. The first kappa shape index (κ1) is 30.3. The number of allylic oxidation sites excluding steroid dienone is 4. The molecule has 0 heterocycles. The fourth-order valence-electron chi connectivity index (χ4n) is 6.86. The van der Waals surface area contributed by atoms with Crippen LogP contribution in [0.5, 0.6) is 0 Å². The maximum Gasteiger partial charge on any atom is 0.0410 e. The van der Waals surface area contributed by atoms with Gasteiger partial charge in [-0.15, -0.1) is 0 Å². The van der Waals surface area contributed by atoms with Crippen LogP contribution in [0.3, 0.4) is 0 Å². The van der Waals surface area contributed by atoms with Gasteiger partial charge in [0.2, 0.25) is 0 Å². The Hall–Kier alpha value is -5.40. The van der Waals surface area contributed by atoms with Crippen molar-refractivity contribution in [3.8, 4) is 11.1 Å². The summed E-state index contributed by atoms with van der Waals surface area (Å²) in [5.41, 5.74) is 12.7. The number of anilines is 1. The molecule has 230 valence electrons. The van der Waals surface area contributed by atoms with E-state index in [1.54, 1.807) is 0 Å². The van der Waals surface area contributed by atoms with Gasteiger partial charge in [0.1, 0.15) is 0 Å². The number of fused-ring (bicyclic) bond motifs is 1. The molecule has 1 aliphatic rings. The van der Waals surface area contributed by atoms with Crippen LogP contribution in [0.15, 0.2) is 170 Å². The molecule has 2 unspecified atom stereocenters. The summed E-state index contributed by atoms with van der Waals surface area (Å²) in [4.78, 5) is 2.29. The van der Waals surface area contributed by atoms with Crippen molar-refractivity contribution in [2.75, 3.05) is 11.9 Å². The maximum atomic E-state index is 2.41. The van der Waals surface area contributed by atoms with Crippen LogP contribution in [0.25, 0.3) is 33.5 Å². The van der Waals surface area contributed by atoms with Crippen LogP contribution in [0.4, 0.5) is 5.69 Å². The largest absolute Gasteiger partial charge is 0.345 e. The van der Waals surface area contributed by atoms with E-state index in [1.807, 2.05) is 0 Å². The highest BCUT2D eigenvalue weighted by Crippen LogP contribution is 2.35. The van der Waals surface area contributed by atoms with Crippen LogP contribution in [0, 0.1) is 12.8 Å². The summed E-state index contributed by atoms with van der Waals surface area (Å²) in [6.07, 6.45) is 10.3. The molecule has 2 atom stereocenters. The normalized spacial score (nSPS) is 16.2. The highest BCUT2D eigenvalue weighted by Gasteiger charge is 2.21. The van der Waals surface area contributed by atoms with Crippen LogP contribution in [0.2, 0.25) is 0 Å². The van der Waals surface area contributed by atoms with Crippen molar-refractivity contribution in [2.24, 2.45) is 5.92 Å². The topological polar surface area (TPSA) is 3.24 Å². The third-order valence-electron chi connectivity index (χ3n) is 9.50. The van der Waals surface area contributed by atoms with Crippen molar-refractivity contribution >= 4 is 28.1 Å².